The molecule has 1 aromatic carbocycles. The average Bonchev–Trinajstić information content (AvgIpc) is 2.99. The van der Waals surface area contributed by atoms with E-state index >= 15 is 0 Å². The van der Waals surface area contributed by atoms with E-state index in [1.807, 2.05) is 0 Å². The molecule has 1 aliphatic heterocycles. The van der Waals surface area contributed by atoms with Gasteiger partial charge in [-0.3, -0.25) is 0 Å². The zero-order chi connectivity index (χ0) is 11.0. The van der Waals surface area contributed by atoms with Gasteiger partial charge in [0.25, 0.3) is 0 Å². The van der Waals surface area contributed by atoms with Crippen molar-refractivity contribution in [3.8, 4) is 5.75 Å². The highest BCUT2D eigenvalue weighted by molar-refractivity contribution is 5.34. The summed E-state index contributed by atoms with van der Waals surface area (Å²) in [6.45, 7) is 3.42. The van der Waals surface area contributed by atoms with Crippen molar-refractivity contribution in [1.29, 1.82) is 0 Å². The molecule has 1 aliphatic carbocycles. The van der Waals surface area contributed by atoms with Crippen molar-refractivity contribution in [3.05, 3.63) is 29.8 Å². The minimum atomic E-state index is 0.156. The first kappa shape index (κ1) is 10.2. The molecular formula is C14H19NO. The summed E-state index contributed by atoms with van der Waals surface area (Å²) in [5.41, 5.74) is 1.52. The van der Waals surface area contributed by atoms with E-state index in [9.17, 15) is 0 Å². The van der Waals surface area contributed by atoms with Crippen LogP contribution in [0, 0.1) is 0 Å². The molecule has 1 aromatic rings. The highest BCUT2D eigenvalue weighted by Gasteiger charge is 2.30. The van der Waals surface area contributed by atoms with Crippen LogP contribution in [0.3, 0.4) is 0 Å². The zero-order valence-electron chi connectivity index (χ0n) is 9.83. The Hall–Kier alpha value is -1.02. The lowest BCUT2D eigenvalue weighted by Gasteiger charge is -2.25. The molecule has 2 nitrogen and oxygen atoms in total. The van der Waals surface area contributed by atoms with Crippen molar-refractivity contribution in [2.75, 3.05) is 6.54 Å². The van der Waals surface area contributed by atoms with E-state index in [0.29, 0.717) is 6.10 Å². The van der Waals surface area contributed by atoms with Gasteiger partial charge in [0.05, 0.1) is 6.10 Å². The summed E-state index contributed by atoms with van der Waals surface area (Å²) in [5, 5.41) is 3.59. The van der Waals surface area contributed by atoms with Crippen molar-refractivity contribution in [2.45, 2.75) is 44.2 Å². The first-order valence-electron chi connectivity index (χ1n) is 6.28. The molecule has 1 N–H and O–H groups in total. The first-order valence-corrected chi connectivity index (χ1v) is 6.28. The third kappa shape index (κ3) is 1.94. The quantitative estimate of drug-likeness (QED) is 0.840. The van der Waals surface area contributed by atoms with E-state index in [2.05, 4.69) is 36.5 Å². The Balaban J connectivity index is 1.82. The summed E-state index contributed by atoms with van der Waals surface area (Å²) in [6.07, 6.45) is 5.42. The van der Waals surface area contributed by atoms with E-state index in [-0.39, 0.29) is 5.54 Å². The predicted octanol–water partition coefficient (Wildman–Crippen LogP) is 2.83. The first-order chi connectivity index (χ1) is 7.76. The molecule has 2 heteroatoms. The minimum absolute atomic E-state index is 0.156. The summed E-state index contributed by atoms with van der Waals surface area (Å²) in [7, 11) is 0. The van der Waals surface area contributed by atoms with Crippen molar-refractivity contribution < 1.29 is 4.74 Å². The molecule has 2 aliphatic rings. The van der Waals surface area contributed by atoms with Gasteiger partial charge < -0.3 is 10.1 Å². The number of hydrogen-bond acceptors (Lipinski definition) is 2. The number of hydrogen-bond donors (Lipinski definition) is 1. The Morgan fingerprint density at radius 1 is 1.38 bits per heavy atom. The van der Waals surface area contributed by atoms with Gasteiger partial charge in [0.15, 0.2) is 0 Å². The van der Waals surface area contributed by atoms with E-state index in [1.165, 1.54) is 31.2 Å². The third-order valence-corrected chi connectivity index (χ3v) is 3.67. The Bertz CT molecular complexity index is 378. The largest absolute Gasteiger partial charge is 0.490 e. The van der Waals surface area contributed by atoms with Crippen LogP contribution in [0.25, 0.3) is 0 Å². The predicted molar refractivity (Wildman–Crippen MR) is 64.7 cm³/mol. The second-order valence-electron chi connectivity index (χ2n) is 5.21. The molecule has 3 rings (SSSR count). The fourth-order valence-corrected chi connectivity index (χ4v) is 2.43. The number of nitrogens with one attached hydrogen (secondary N) is 1. The minimum Gasteiger partial charge on any atom is -0.490 e. The van der Waals surface area contributed by atoms with Crippen LogP contribution in [0.1, 0.15) is 38.2 Å². The average molecular weight is 217 g/mol. The molecule has 0 bridgehead atoms. The molecule has 1 heterocycles. The molecule has 0 spiro atoms. The van der Waals surface area contributed by atoms with Crippen molar-refractivity contribution in [1.82, 2.24) is 5.32 Å². The molecule has 1 atom stereocenters. The fraction of sp³-hybridized carbons (Fsp3) is 0.571. The maximum absolute atomic E-state index is 5.84. The summed E-state index contributed by atoms with van der Waals surface area (Å²) in [4.78, 5) is 0. The monoisotopic (exact) mass is 217 g/mol. The molecule has 86 valence electrons. The van der Waals surface area contributed by atoms with E-state index in [4.69, 9.17) is 4.74 Å². The van der Waals surface area contributed by atoms with E-state index < -0.39 is 0 Å². The summed E-state index contributed by atoms with van der Waals surface area (Å²) < 4.78 is 5.84. The van der Waals surface area contributed by atoms with Gasteiger partial charge in [-0.2, -0.15) is 0 Å². The summed E-state index contributed by atoms with van der Waals surface area (Å²) in [5.74, 6) is 1.04. The molecule has 1 unspecified atom stereocenters. The van der Waals surface area contributed by atoms with Gasteiger partial charge >= 0.3 is 0 Å². The van der Waals surface area contributed by atoms with Crippen molar-refractivity contribution in [3.63, 3.8) is 0 Å². The normalized spacial score (nSPS) is 29.3. The van der Waals surface area contributed by atoms with Crippen LogP contribution in [0.4, 0.5) is 0 Å². The zero-order valence-corrected chi connectivity index (χ0v) is 9.83. The molecule has 0 radical (unpaired) electrons. The lowest BCUT2D eigenvalue weighted by molar-refractivity contribution is 0.301. The second-order valence-corrected chi connectivity index (χ2v) is 5.21. The Morgan fingerprint density at radius 3 is 2.94 bits per heavy atom. The van der Waals surface area contributed by atoms with Crippen LogP contribution in [0.5, 0.6) is 5.75 Å². The number of benzene rings is 1. The summed E-state index contributed by atoms with van der Waals surface area (Å²) >= 11 is 0. The van der Waals surface area contributed by atoms with Crippen LogP contribution in [-0.2, 0) is 5.54 Å². The third-order valence-electron chi connectivity index (χ3n) is 3.67. The van der Waals surface area contributed by atoms with Crippen molar-refractivity contribution in [2.24, 2.45) is 0 Å². The highest BCUT2D eigenvalue weighted by atomic mass is 16.5. The lowest BCUT2D eigenvalue weighted by Crippen LogP contribution is -2.33. The van der Waals surface area contributed by atoms with Gasteiger partial charge in [-0.05, 0) is 56.8 Å². The standard InChI is InChI=1S/C14H19NO/c1-14(8-3-9-15-14)11-4-2-5-13(10-11)16-12-6-7-12/h2,4-5,10,12,15H,3,6-9H2,1H3. The molecular weight excluding hydrogens is 198 g/mol. The molecule has 1 saturated carbocycles. The Kier molecular flexibility index (Phi) is 2.40. The topological polar surface area (TPSA) is 21.3 Å². The van der Waals surface area contributed by atoms with Crippen LogP contribution >= 0.6 is 0 Å². The van der Waals surface area contributed by atoms with Crippen LogP contribution < -0.4 is 10.1 Å². The molecule has 1 saturated heterocycles. The maximum atomic E-state index is 5.84. The Labute approximate surface area is 97.0 Å². The van der Waals surface area contributed by atoms with Crippen LogP contribution in [0.2, 0.25) is 0 Å². The maximum Gasteiger partial charge on any atom is 0.120 e. The Morgan fingerprint density at radius 2 is 2.25 bits per heavy atom. The van der Waals surface area contributed by atoms with E-state index in [0.717, 1.165) is 12.3 Å². The van der Waals surface area contributed by atoms with Gasteiger partial charge in [0.1, 0.15) is 5.75 Å². The van der Waals surface area contributed by atoms with Gasteiger partial charge in [0, 0.05) is 5.54 Å². The van der Waals surface area contributed by atoms with Crippen LogP contribution in [-0.4, -0.2) is 12.6 Å². The lowest BCUT2D eigenvalue weighted by atomic mass is 9.90. The van der Waals surface area contributed by atoms with Crippen LogP contribution in [0.15, 0.2) is 24.3 Å². The van der Waals surface area contributed by atoms with Gasteiger partial charge in [0.2, 0.25) is 0 Å². The number of ether oxygens (including phenoxy) is 1. The highest BCUT2D eigenvalue weighted by Crippen LogP contribution is 2.33. The molecule has 0 aromatic heterocycles. The van der Waals surface area contributed by atoms with Gasteiger partial charge in [-0.1, -0.05) is 12.1 Å². The van der Waals surface area contributed by atoms with Gasteiger partial charge in [-0.15, -0.1) is 0 Å². The number of rotatable bonds is 3. The molecule has 0 amide bonds. The SMILES string of the molecule is CC1(c2cccc(OC3CC3)c2)CCCN1. The molecule has 2 fully saturated rings. The van der Waals surface area contributed by atoms with E-state index in [1.54, 1.807) is 0 Å². The van der Waals surface area contributed by atoms with Gasteiger partial charge in [-0.25, -0.2) is 0 Å². The second kappa shape index (κ2) is 3.77. The van der Waals surface area contributed by atoms with Crippen molar-refractivity contribution >= 4 is 0 Å². The smallest absolute Gasteiger partial charge is 0.120 e. The molecule has 16 heavy (non-hydrogen) atoms. The fourth-order valence-electron chi connectivity index (χ4n) is 2.43. The summed E-state index contributed by atoms with van der Waals surface area (Å²) in [6, 6.07) is 8.59.